The monoisotopic (exact) mass is 265 g/mol. The first-order valence-corrected chi connectivity index (χ1v) is 6.66. The molecule has 0 spiro atoms. The summed E-state index contributed by atoms with van der Waals surface area (Å²) in [5.41, 5.74) is 1.23. The molecule has 0 saturated carbocycles. The van der Waals surface area contributed by atoms with Crippen molar-refractivity contribution in [2.45, 2.75) is 32.4 Å². The Bertz CT molecular complexity index is 367. The highest BCUT2D eigenvalue weighted by molar-refractivity contribution is 5.69. The molecule has 0 aliphatic heterocycles. The lowest BCUT2D eigenvalue weighted by Gasteiger charge is -2.23. The third-order valence-corrected chi connectivity index (χ3v) is 3.07. The number of carbonyl (C=O) groups excluding carboxylic acids is 1. The van der Waals surface area contributed by atoms with Gasteiger partial charge in [0.15, 0.2) is 0 Å². The van der Waals surface area contributed by atoms with Crippen molar-refractivity contribution >= 4 is 5.97 Å². The lowest BCUT2D eigenvalue weighted by molar-refractivity contribution is -0.141. The second-order valence-electron chi connectivity index (χ2n) is 4.58. The normalized spacial score (nSPS) is 12.4. The summed E-state index contributed by atoms with van der Waals surface area (Å²) >= 11 is 0. The Balaban J connectivity index is 2.37. The van der Waals surface area contributed by atoms with E-state index in [4.69, 9.17) is 0 Å². The zero-order valence-corrected chi connectivity index (χ0v) is 11.7. The third kappa shape index (κ3) is 6.36. The quantitative estimate of drug-likeness (QED) is 0.728. The highest BCUT2D eigenvalue weighted by atomic mass is 16.5. The molecule has 1 aromatic carbocycles. The van der Waals surface area contributed by atoms with Crippen LogP contribution in [0.5, 0.6) is 0 Å². The van der Waals surface area contributed by atoms with Gasteiger partial charge in [-0.3, -0.25) is 9.69 Å². The Labute approximate surface area is 115 Å². The van der Waals surface area contributed by atoms with Crippen LogP contribution in [-0.4, -0.2) is 42.3 Å². The van der Waals surface area contributed by atoms with Crippen LogP contribution in [0.3, 0.4) is 0 Å². The van der Waals surface area contributed by atoms with Gasteiger partial charge in [-0.2, -0.15) is 0 Å². The number of methoxy groups -OCH3 is 1. The number of hydrogen-bond donors (Lipinski definition) is 1. The number of esters is 1. The molecule has 0 bridgehead atoms. The molecule has 106 valence electrons. The second kappa shape index (κ2) is 8.67. The van der Waals surface area contributed by atoms with Gasteiger partial charge >= 0.3 is 5.97 Å². The van der Waals surface area contributed by atoms with Crippen molar-refractivity contribution in [3.05, 3.63) is 35.9 Å². The fourth-order valence-corrected chi connectivity index (χ4v) is 1.92. The van der Waals surface area contributed by atoms with Gasteiger partial charge in [0.05, 0.1) is 13.2 Å². The van der Waals surface area contributed by atoms with E-state index in [1.807, 2.05) is 18.2 Å². The molecular weight excluding hydrogens is 242 g/mol. The fourth-order valence-electron chi connectivity index (χ4n) is 1.92. The van der Waals surface area contributed by atoms with Crippen LogP contribution in [0.25, 0.3) is 0 Å². The van der Waals surface area contributed by atoms with Crippen molar-refractivity contribution < 1.29 is 14.6 Å². The Morgan fingerprint density at radius 1 is 1.37 bits per heavy atom. The first-order chi connectivity index (χ1) is 9.15. The van der Waals surface area contributed by atoms with E-state index in [0.717, 1.165) is 13.1 Å². The lowest BCUT2D eigenvalue weighted by atomic mass is 10.1. The summed E-state index contributed by atoms with van der Waals surface area (Å²) in [5, 5.41) is 9.92. The summed E-state index contributed by atoms with van der Waals surface area (Å²) in [5.74, 6) is -0.273. The Kier molecular flexibility index (Phi) is 7.15. The van der Waals surface area contributed by atoms with Crippen molar-refractivity contribution in [2.24, 2.45) is 0 Å². The lowest BCUT2D eigenvalue weighted by Crippen LogP contribution is -2.32. The Morgan fingerprint density at radius 2 is 2.05 bits per heavy atom. The van der Waals surface area contributed by atoms with E-state index in [-0.39, 0.29) is 12.4 Å². The molecule has 1 N–H and O–H groups in total. The van der Waals surface area contributed by atoms with Crippen LogP contribution in [-0.2, 0) is 16.1 Å². The fraction of sp³-hybridized carbons (Fsp3) is 0.533. The van der Waals surface area contributed by atoms with Gasteiger partial charge in [0.1, 0.15) is 0 Å². The summed E-state index contributed by atoms with van der Waals surface area (Å²) in [4.78, 5) is 13.2. The smallest absolute Gasteiger partial charge is 0.305 e. The minimum absolute atomic E-state index is 0.264. The molecule has 0 aromatic heterocycles. The van der Waals surface area contributed by atoms with Crippen LogP contribution in [0.2, 0.25) is 0 Å². The van der Waals surface area contributed by atoms with E-state index >= 15 is 0 Å². The summed E-state index contributed by atoms with van der Waals surface area (Å²) in [6.07, 6.45) is 0.209. The molecule has 0 heterocycles. The van der Waals surface area contributed by atoms with E-state index in [9.17, 15) is 9.90 Å². The zero-order chi connectivity index (χ0) is 14.1. The molecule has 0 fully saturated rings. The van der Waals surface area contributed by atoms with E-state index in [0.29, 0.717) is 13.0 Å². The minimum atomic E-state index is -0.497. The maximum atomic E-state index is 11.0. The molecule has 1 unspecified atom stereocenters. The molecule has 0 radical (unpaired) electrons. The number of benzene rings is 1. The number of nitrogens with zero attached hydrogens (tertiary/aromatic N) is 1. The molecule has 19 heavy (non-hydrogen) atoms. The van der Waals surface area contributed by atoms with E-state index < -0.39 is 6.10 Å². The molecular formula is C15H23NO3. The average molecular weight is 265 g/mol. The van der Waals surface area contributed by atoms with Crippen molar-refractivity contribution in [3.8, 4) is 0 Å². The maximum absolute atomic E-state index is 11.0. The maximum Gasteiger partial charge on any atom is 0.305 e. The Hall–Kier alpha value is -1.39. The van der Waals surface area contributed by atoms with Gasteiger partial charge < -0.3 is 9.84 Å². The summed E-state index contributed by atoms with van der Waals surface area (Å²) in [6, 6.07) is 10.2. The standard InChI is InChI=1S/C15H23NO3/c1-3-16(11-13-7-5-4-6-8-13)12-14(17)9-10-15(18)19-2/h4-8,14,17H,3,9-12H2,1-2H3. The predicted octanol–water partition coefficient (Wildman–Crippen LogP) is 1.82. The summed E-state index contributed by atoms with van der Waals surface area (Å²) in [7, 11) is 1.36. The van der Waals surface area contributed by atoms with Crippen LogP contribution < -0.4 is 0 Å². The second-order valence-corrected chi connectivity index (χ2v) is 4.58. The van der Waals surface area contributed by atoms with Gasteiger partial charge in [0.25, 0.3) is 0 Å². The van der Waals surface area contributed by atoms with E-state index in [1.165, 1.54) is 12.7 Å². The van der Waals surface area contributed by atoms with Crippen molar-refractivity contribution in [3.63, 3.8) is 0 Å². The van der Waals surface area contributed by atoms with Gasteiger partial charge in [0.2, 0.25) is 0 Å². The molecule has 1 atom stereocenters. The van der Waals surface area contributed by atoms with Gasteiger partial charge in [-0.05, 0) is 18.5 Å². The van der Waals surface area contributed by atoms with Crippen LogP contribution in [0, 0.1) is 0 Å². The third-order valence-electron chi connectivity index (χ3n) is 3.07. The largest absolute Gasteiger partial charge is 0.469 e. The van der Waals surface area contributed by atoms with E-state index in [1.54, 1.807) is 0 Å². The van der Waals surface area contributed by atoms with Crippen molar-refractivity contribution in [1.29, 1.82) is 0 Å². The molecule has 0 aliphatic carbocycles. The van der Waals surface area contributed by atoms with E-state index in [2.05, 4.69) is 28.7 Å². The average Bonchev–Trinajstić information content (AvgIpc) is 2.45. The number of likely N-dealkylation sites (N-methyl/N-ethyl adjacent to an activating group) is 1. The molecule has 4 nitrogen and oxygen atoms in total. The SMILES string of the molecule is CCN(Cc1ccccc1)CC(O)CCC(=O)OC. The van der Waals surface area contributed by atoms with Gasteiger partial charge in [-0.15, -0.1) is 0 Å². The topological polar surface area (TPSA) is 49.8 Å². The number of hydrogen-bond acceptors (Lipinski definition) is 4. The molecule has 0 saturated heterocycles. The van der Waals surface area contributed by atoms with Gasteiger partial charge in [-0.1, -0.05) is 37.3 Å². The molecule has 4 heteroatoms. The number of aliphatic hydroxyl groups is 1. The van der Waals surface area contributed by atoms with Crippen molar-refractivity contribution in [1.82, 2.24) is 4.90 Å². The number of rotatable bonds is 8. The first-order valence-electron chi connectivity index (χ1n) is 6.66. The van der Waals surface area contributed by atoms with Gasteiger partial charge in [-0.25, -0.2) is 0 Å². The number of ether oxygens (including phenoxy) is 1. The number of carbonyl (C=O) groups is 1. The number of aliphatic hydroxyl groups excluding tert-OH is 1. The predicted molar refractivity (Wildman–Crippen MR) is 74.6 cm³/mol. The Morgan fingerprint density at radius 3 is 2.63 bits per heavy atom. The molecule has 1 aromatic rings. The van der Waals surface area contributed by atoms with Crippen LogP contribution >= 0.6 is 0 Å². The van der Waals surface area contributed by atoms with Crippen LogP contribution in [0.4, 0.5) is 0 Å². The van der Waals surface area contributed by atoms with Crippen LogP contribution in [0.1, 0.15) is 25.3 Å². The first kappa shape index (κ1) is 15.7. The summed E-state index contributed by atoms with van der Waals surface area (Å²) in [6.45, 7) is 4.31. The highest BCUT2D eigenvalue weighted by Gasteiger charge is 2.12. The zero-order valence-electron chi connectivity index (χ0n) is 11.7. The molecule has 0 amide bonds. The van der Waals surface area contributed by atoms with Crippen molar-refractivity contribution in [2.75, 3.05) is 20.2 Å². The molecule has 0 aliphatic rings. The summed E-state index contributed by atoms with van der Waals surface area (Å²) < 4.78 is 4.56. The van der Waals surface area contributed by atoms with Gasteiger partial charge in [0, 0.05) is 19.5 Å². The minimum Gasteiger partial charge on any atom is -0.469 e. The highest BCUT2D eigenvalue weighted by Crippen LogP contribution is 2.07. The van der Waals surface area contributed by atoms with Crippen LogP contribution in [0.15, 0.2) is 30.3 Å². The molecule has 1 rings (SSSR count).